The summed E-state index contributed by atoms with van der Waals surface area (Å²) >= 11 is 0. The van der Waals surface area contributed by atoms with E-state index in [1.54, 1.807) is 36.1 Å². The van der Waals surface area contributed by atoms with Crippen molar-refractivity contribution in [3.63, 3.8) is 0 Å². The second-order valence-electron chi connectivity index (χ2n) is 10.8. The standard InChI is InChI=1S/C27H30F2N4O4/c1-26(2,3)30-10-11-32-23(35)27(4)14-19-18-13-17(37-24(28)29)8-9-20(18)31-21(19)22(33(27)25(32)36)15-6-5-7-16(34)12-15/h5-9,12-13,22,24,30-31,34H,10-11,14H2,1-4H3/t22-,27+/m1/s1. The molecule has 10 heteroatoms. The van der Waals surface area contributed by atoms with Crippen molar-refractivity contribution in [2.75, 3.05) is 13.1 Å². The number of nitrogens with zero attached hydrogens (tertiary/aromatic N) is 2. The molecule has 5 rings (SSSR count). The molecule has 2 aromatic carbocycles. The molecule has 2 aliphatic rings. The quantitative estimate of drug-likeness (QED) is 0.422. The number of halogens is 2. The third kappa shape index (κ3) is 4.29. The Hall–Kier alpha value is -3.66. The van der Waals surface area contributed by atoms with E-state index in [0.29, 0.717) is 28.7 Å². The first-order chi connectivity index (χ1) is 17.4. The summed E-state index contributed by atoms with van der Waals surface area (Å²) in [6, 6.07) is 10.1. The lowest BCUT2D eigenvalue weighted by atomic mass is 9.81. The molecule has 0 unspecified atom stereocenters. The smallest absolute Gasteiger partial charge is 0.387 e. The van der Waals surface area contributed by atoms with Crippen molar-refractivity contribution in [2.24, 2.45) is 0 Å². The number of hydrogen-bond donors (Lipinski definition) is 3. The number of benzene rings is 2. The predicted molar refractivity (Wildman–Crippen MR) is 134 cm³/mol. The van der Waals surface area contributed by atoms with Crippen LogP contribution >= 0.6 is 0 Å². The normalized spacial score (nSPS) is 21.6. The van der Waals surface area contributed by atoms with Gasteiger partial charge in [0, 0.05) is 41.6 Å². The largest absolute Gasteiger partial charge is 0.508 e. The summed E-state index contributed by atoms with van der Waals surface area (Å²) in [5.41, 5.74) is 1.32. The van der Waals surface area contributed by atoms with Gasteiger partial charge in [-0.3, -0.25) is 14.6 Å². The van der Waals surface area contributed by atoms with Gasteiger partial charge in [-0.1, -0.05) is 12.1 Å². The van der Waals surface area contributed by atoms with Crippen molar-refractivity contribution in [1.29, 1.82) is 0 Å². The summed E-state index contributed by atoms with van der Waals surface area (Å²) < 4.78 is 30.4. The molecule has 3 heterocycles. The summed E-state index contributed by atoms with van der Waals surface area (Å²) in [6.07, 6.45) is 0.198. The van der Waals surface area contributed by atoms with Crippen LogP contribution in [0.3, 0.4) is 0 Å². The van der Waals surface area contributed by atoms with Gasteiger partial charge in [-0.25, -0.2) is 4.79 Å². The van der Waals surface area contributed by atoms with Gasteiger partial charge in [-0.2, -0.15) is 8.78 Å². The molecule has 8 nitrogen and oxygen atoms in total. The Bertz CT molecular complexity index is 1380. The monoisotopic (exact) mass is 512 g/mol. The van der Waals surface area contributed by atoms with E-state index in [1.165, 1.54) is 23.1 Å². The van der Waals surface area contributed by atoms with Crippen LogP contribution in [0.2, 0.25) is 0 Å². The predicted octanol–water partition coefficient (Wildman–Crippen LogP) is 4.53. The van der Waals surface area contributed by atoms with Crippen LogP contribution in [0.1, 0.15) is 50.6 Å². The number of amides is 3. The van der Waals surface area contributed by atoms with Crippen LogP contribution in [0.15, 0.2) is 42.5 Å². The van der Waals surface area contributed by atoms with Crippen molar-refractivity contribution in [2.45, 2.75) is 57.8 Å². The number of H-pyrrole nitrogens is 1. The number of imide groups is 1. The molecule has 0 bridgehead atoms. The van der Waals surface area contributed by atoms with Crippen molar-refractivity contribution in [1.82, 2.24) is 20.1 Å². The number of fused-ring (bicyclic) bond motifs is 4. The molecular weight excluding hydrogens is 482 g/mol. The Morgan fingerprint density at radius 1 is 1.22 bits per heavy atom. The number of carbonyl (C=O) groups is 2. The Kier molecular flexibility index (Phi) is 5.90. The van der Waals surface area contributed by atoms with E-state index in [4.69, 9.17) is 0 Å². The van der Waals surface area contributed by atoms with Crippen LogP contribution in [0.4, 0.5) is 13.6 Å². The Balaban J connectivity index is 1.63. The fourth-order valence-electron chi connectivity index (χ4n) is 5.45. The molecule has 2 aliphatic heterocycles. The fraction of sp³-hybridized carbons (Fsp3) is 0.407. The van der Waals surface area contributed by atoms with E-state index >= 15 is 0 Å². The summed E-state index contributed by atoms with van der Waals surface area (Å²) in [5.74, 6) is -0.285. The van der Waals surface area contributed by atoms with E-state index in [1.807, 2.05) is 20.8 Å². The van der Waals surface area contributed by atoms with E-state index < -0.39 is 24.2 Å². The number of ether oxygens (including phenoxy) is 1. The second-order valence-corrected chi connectivity index (χ2v) is 10.8. The maximum Gasteiger partial charge on any atom is 0.387 e. The zero-order chi connectivity index (χ0) is 26.7. The topological polar surface area (TPSA) is 97.9 Å². The van der Waals surface area contributed by atoms with Gasteiger partial charge in [0.05, 0.1) is 0 Å². The van der Waals surface area contributed by atoms with Crippen molar-refractivity contribution in [3.05, 3.63) is 59.3 Å². The minimum absolute atomic E-state index is 0.00879. The highest BCUT2D eigenvalue weighted by Crippen LogP contribution is 2.49. The van der Waals surface area contributed by atoms with Crippen LogP contribution in [0.5, 0.6) is 11.5 Å². The number of phenolic OH excluding ortho intramolecular Hbond substituents is 1. The molecule has 1 aromatic heterocycles. The third-order valence-corrected chi connectivity index (χ3v) is 7.04. The molecule has 2 atom stereocenters. The first kappa shape index (κ1) is 25.0. The number of rotatable bonds is 6. The van der Waals surface area contributed by atoms with E-state index in [9.17, 15) is 23.5 Å². The van der Waals surface area contributed by atoms with Crippen molar-refractivity contribution >= 4 is 22.8 Å². The van der Waals surface area contributed by atoms with Crippen LogP contribution in [-0.2, 0) is 11.2 Å². The number of aromatic amines is 1. The lowest BCUT2D eigenvalue weighted by Crippen LogP contribution is -2.53. The van der Waals surface area contributed by atoms with Gasteiger partial charge in [-0.05, 0) is 69.2 Å². The fourth-order valence-corrected chi connectivity index (χ4v) is 5.45. The number of carbonyl (C=O) groups excluding carboxylic acids is 2. The van der Waals surface area contributed by atoms with Gasteiger partial charge in [0.15, 0.2) is 0 Å². The summed E-state index contributed by atoms with van der Waals surface area (Å²) in [5, 5.41) is 14.2. The van der Waals surface area contributed by atoms with E-state index in [0.717, 1.165) is 5.56 Å². The van der Waals surface area contributed by atoms with Gasteiger partial charge in [0.25, 0.3) is 5.91 Å². The average Bonchev–Trinajstić information content (AvgIpc) is 3.24. The molecule has 3 amide bonds. The van der Waals surface area contributed by atoms with Crippen molar-refractivity contribution in [3.8, 4) is 11.5 Å². The maximum atomic E-state index is 13.8. The van der Waals surface area contributed by atoms with Gasteiger partial charge in [0.1, 0.15) is 23.1 Å². The molecule has 0 aliphatic carbocycles. The van der Waals surface area contributed by atoms with Gasteiger partial charge in [0.2, 0.25) is 0 Å². The average molecular weight is 513 g/mol. The number of nitrogens with one attached hydrogen (secondary N) is 2. The molecule has 3 aromatic rings. The number of phenols is 1. The second kappa shape index (κ2) is 8.72. The third-order valence-electron chi connectivity index (χ3n) is 7.04. The maximum absolute atomic E-state index is 13.8. The Morgan fingerprint density at radius 3 is 2.65 bits per heavy atom. The molecule has 1 fully saturated rings. The summed E-state index contributed by atoms with van der Waals surface area (Å²) in [4.78, 5) is 33.8. The van der Waals surface area contributed by atoms with Crippen LogP contribution in [0, 0.1) is 0 Å². The zero-order valence-electron chi connectivity index (χ0n) is 21.1. The minimum atomic E-state index is -2.97. The van der Waals surface area contributed by atoms with Crippen LogP contribution < -0.4 is 10.1 Å². The highest BCUT2D eigenvalue weighted by atomic mass is 19.3. The number of hydrogen-bond acceptors (Lipinski definition) is 5. The van der Waals surface area contributed by atoms with Crippen LogP contribution in [0.25, 0.3) is 10.9 Å². The molecule has 3 N–H and O–H groups in total. The van der Waals surface area contributed by atoms with Crippen LogP contribution in [-0.4, -0.2) is 62.6 Å². The molecule has 0 radical (unpaired) electrons. The van der Waals surface area contributed by atoms with Gasteiger partial charge >= 0.3 is 12.6 Å². The lowest BCUT2D eigenvalue weighted by molar-refractivity contribution is -0.133. The van der Waals surface area contributed by atoms with E-state index in [-0.39, 0.29) is 35.9 Å². The first-order valence-corrected chi connectivity index (χ1v) is 12.2. The molecule has 37 heavy (non-hydrogen) atoms. The molecular formula is C27H30F2N4O4. The number of urea groups is 1. The SMILES string of the molecule is CC(C)(C)NCCN1C(=O)N2[C@H](c3cccc(O)c3)c3[nH]c4ccc(OC(F)F)cc4c3C[C@@]2(C)C1=O. The van der Waals surface area contributed by atoms with Gasteiger partial charge in [-0.15, -0.1) is 0 Å². The molecule has 0 saturated carbocycles. The first-order valence-electron chi connectivity index (χ1n) is 12.2. The molecule has 196 valence electrons. The zero-order valence-corrected chi connectivity index (χ0v) is 21.1. The Labute approximate surface area is 213 Å². The summed E-state index contributed by atoms with van der Waals surface area (Å²) in [7, 11) is 0. The van der Waals surface area contributed by atoms with Gasteiger partial charge < -0.3 is 20.1 Å². The lowest BCUT2D eigenvalue weighted by Gasteiger charge is -2.42. The molecule has 0 spiro atoms. The number of aromatic nitrogens is 1. The number of alkyl halides is 2. The minimum Gasteiger partial charge on any atom is -0.508 e. The Morgan fingerprint density at radius 2 is 1.97 bits per heavy atom. The number of aromatic hydroxyl groups is 1. The highest BCUT2D eigenvalue weighted by Gasteiger charge is 2.60. The highest BCUT2D eigenvalue weighted by molar-refractivity contribution is 6.08. The van der Waals surface area contributed by atoms with E-state index in [2.05, 4.69) is 15.0 Å². The van der Waals surface area contributed by atoms with Crippen molar-refractivity contribution < 1.29 is 28.2 Å². The summed E-state index contributed by atoms with van der Waals surface area (Å²) in [6.45, 7) is 5.43. The molecule has 1 saturated heterocycles.